The molecule has 0 aromatic rings. The van der Waals surface area contributed by atoms with Crippen LogP contribution in [0.15, 0.2) is 12.7 Å². The summed E-state index contributed by atoms with van der Waals surface area (Å²) in [4.78, 5) is 0. The molecule has 0 heterocycles. The molecule has 0 unspecified atom stereocenters. The van der Waals surface area contributed by atoms with Crippen molar-refractivity contribution < 1.29 is 0 Å². The van der Waals surface area contributed by atoms with Gasteiger partial charge in [-0.15, -0.1) is 18.2 Å². The van der Waals surface area contributed by atoms with E-state index in [4.69, 9.17) is 11.6 Å². The van der Waals surface area contributed by atoms with Crippen LogP contribution in [0.5, 0.6) is 0 Å². The minimum Gasteiger partial charge on any atom is -0.126 e. The summed E-state index contributed by atoms with van der Waals surface area (Å²) >= 11 is 5.86. The van der Waals surface area contributed by atoms with Gasteiger partial charge in [0.05, 0.1) is 0 Å². The second kappa shape index (κ2) is 4.79. The first kappa shape index (κ1) is 10.0. The van der Waals surface area contributed by atoms with Crippen molar-refractivity contribution in [3.63, 3.8) is 0 Å². The molecule has 0 saturated heterocycles. The molecule has 0 bridgehead atoms. The predicted octanol–water partition coefficient (Wildman–Crippen LogP) is 3.61. The number of hydrogen-bond donors (Lipinski definition) is 0. The fourth-order valence-electron chi connectivity index (χ4n) is 1.09. The maximum Gasteiger partial charge on any atom is 0.0282 e. The zero-order valence-electron chi connectivity index (χ0n) is 6.99. The zero-order chi connectivity index (χ0) is 8.04. The summed E-state index contributed by atoms with van der Waals surface area (Å²) in [5.74, 6) is 0.756. The maximum absolute atomic E-state index is 5.86. The molecule has 0 atom stereocenters. The van der Waals surface area contributed by atoms with E-state index < -0.39 is 0 Å². The van der Waals surface area contributed by atoms with Gasteiger partial charge in [0.1, 0.15) is 0 Å². The third-order valence-electron chi connectivity index (χ3n) is 2.36. The lowest BCUT2D eigenvalue weighted by atomic mass is 9.81. The van der Waals surface area contributed by atoms with Crippen molar-refractivity contribution in [1.29, 1.82) is 0 Å². The fraction of sp³-hybridized carbons (Fsp3) is 0.778. The second-order valence-corrected chi connectivity index (χ2v) is 3.10. The van der Waals surface area contributed by atoms with Crippen molar-refractivity contribution in [3.8, 4) is 0 Å². The molecule has 0 fully saturated rings. The monoisotopic (exact) mass is 160 g/mol. The first-order valence-electron chi connectivity index (χ1n) is 3.91. The molecule has 0 nitrogen and oxygen atoms in total. The van der Waals surface area contributed by atoms with E-state index in [9.17, 15) is 0 Å². The van der Waals surface area contributed by atoms with E-state index in [1.807, 2.05) is 6.08 Å². The minimum absolute atomic E-state index is 0.323. The normalized spacial score (nSPS) is 11.5. The van der Waals surface area contributed by atoms with E-state index in [1.54, 1.807) is 0 Å². The van der Waals surface area contributed by atoms with Gasteiger partial charge in [-0.1, -0.05) is 19.9 Å². The summed E-state index contributed by atoms with van der Waals surface area (Å²) < 4.78 is 0. The van der Waals surface area contributed by atoms with Crippen LogP contribution in [0.3, 0.4) is 0 Å². The van der Waals surface area contributed by atoms with Crippen LogP contribution in [0.1, 0.15) is 33.1 Å². The lowest BCUT2D eigenvalue weighted by Crippen LogP contribution is -2.19. The Kier molecular flexibility index (Phi) is 4.80. The number of halogens is 1. The molecular weight excluding hydrogens is 144 g/mol. The molecule has 0 saturated carbocycles. The predicted molar refractivity (Wildman–Crippen MR) is 48.5 cm³/mol. The lowest BCUT2D eigenvalue weighted by molar-refractivity contribution is 0.308. The Morgan fingerprint density at radius 1 is 1.40 bits per heavy atom. The Labute approximate surface area is 69.3 Å². The molecule has 0 aromatic heterocycles. The highest BCUT2D eigenvalue weighted by molar-refractivity contribution is 6.18. The first-order valence-corrected chi connectivity index (χ1v) is 4.45. The molecule has 0 amide bonds. The van der Waals surface area contributed by atoms with E-state index in [-0.39, 0.29) is 0 Å². The quantitative estimate of drug-likeness (QED) is 0.426. The Morgan fingerprint density at radius 2 is 1.90 bits per heavy atom. The van der Waals surface area contributed by atoms with Gasteiger partial charge in [0, 0.05) is 5.88 Å². The van der Waals surface area contributed by atoms with Gasteiger partial charge in [-0.2, -0.15) is 0 Å². The number of allylic oxidation sites excluding steroid dienone is 1. The molecule has 0 N–H and O–H groups in total. The van der Waals surface area contributed by atoms with E-state index in [2.05, 4.69) is 20.4 Å². The van der Waals surface area contributed by atoms with E-state index in [0.29, 0.717) is 5.41 Å². The van der Waals surface area contributed by atoms with Crippen LogP contribution in [-0.4, -0.2) is 5.88 Å². The largest absolute Gasteiger partial charge is 0.126 e. The van der Waals surface area contributed by atoms with Crippen LogP contribution in [0, 0.1) is 5.41 Å². The molecule has 0 aliphatic carbocycles. The Morgan fingerprint density at radius 3 is 2.00 bits per heavy atom. The molecule has 0 spiro atoms. The van der Waals surface area contributed by atoms with Gasteiger partial charge in [0.15, 0.2) is 0 Å². The molecule has 1 heteroatoms. The standard InChI is InChI=1S/C9H17Cl/c1-4-7-9(5-2,6-3)8-10/h4H,1,5-8H2,2-3H3. The molecule has 0 aliphatic heterocycles. The number of hydrogen-bond acceptors (Lipinski definition) is 0. The SMILES string of the molecule is C=CCC(CC)(CC)CCl. The molecule has 60 valence electrons. The number of rotatable bonds is 5. The molecule has 0 aromatic carbocycles. The Bertz CT molecular complexity index is 84.6. The van der Waals surface area contributed by atoms with Crippen molar-refractivity contribution in [1.82, 2.24) is 0 Å². The van der Waals surface area contributed by atoms with Crippen molar-refractivity contribution in [2.45, 2.75) is 33.1 Å². The average Bonchev–Trinajstić information content (AvgIpc) is 2.01. The second-order valence-electron chi connectivity index (χ2n) is 2.83. The third kappa shape index (κ3) is 2.34. The summed E-state index contributed by atoms with van der Waals surface area (Å²) in [6, 6.07) is 0. The highest BCUT2D eigenvalue weighted by atomic mass is 35.5. The van der Waals surface area contributed by atoms with Crippen LogP contribution >= 0.6 is 11.6 Å². The van der Waals surface area contributed by atoms with Gasteiger partial charge in [0.25, 0.3) is 0 Å². The van der Waals surface area contributed by atoms with Gasteiger partial charge in [-0.3, -0.25) is 0 Å². The van der Waals surface area contributed by atoms with Gasteiger partial charge >= 0.3 is 0 Å². The highest BCUT2D eigenvalue weighted by Gasteiger charge is 2.22. The smallest absolute Gasteiger partial charge is 0.0282 e. The molecule has 0 rings (SSSR count). The average molecular weight is 161 g/mol. The van der Waals surface area contributed by atoms with Crippen molar-refractivity contribution in [3.05, 3.63) is 12.7 Å². The summed E-state index contributed by atoms with van der Waals surface area (Å²) in [5.41, 5.74) is 0.323. The molecule has 0 radical (unpaired) electrons. The summed E-state index contributed by atoms with van der Waals surface area (Å²) in [7, 11) is 0. The third-order valence-corrected chi connectivity index (χ3v) is 2.93. The van der Waals surface area contributed by atoms with Gasteiger partial charge in [-0.25, -0.2) is 0 Å². The summed E-state index contributed by atoms with van der Waals surface area (Å²) in [6.07, 6.45) is 5.32. The summed E-state index contributed by atoms with van der Waals surface area (Å²) in [6.45, 7) is 8.11. The van der Waals surface area contributed by atoms with Gasteiger partial charge in [-0.05, 0) is 24.7 Å². The number of alkyl halides is 1. The summed E-state index contributed by atoms with van der Waals surface area (Å²) in [5, 5.41) is 0. The Hall–Kier alpha value is 0.0300. The van der Waals surface area contributed by atoms with Crippen LogP contribution in [0.2, 0.25) is 0 Å². The van der Waals surface area contributed by atoms with Crippen molar-refractivity contribution in [2.24, 2.45) is 5.41 Å². The zero-order valence-corrected chi connectivity index (χ0v) is 7.75. The van der Waals surface area contributed by atoms with E-state index in [1.165, 1.54) is 0 Å². The minimum atomic E-state index is 0.323. The molecular formula is C9H17Cl. The van der Waals surface area contributed by atoms with Crippen LogP contribution in [-0.2, 0) is 0 Å². The Balaban J connectivity index is 4.00. The van der Waals surface area contributed by atoms with Crippen LogP contribution in [0.25, 0.3) is 0 Å². The first-order chi connectivity index (χ1) is 4.74. The van der Waals surface area contributed by atoms with E-state index in [0.717, 1.165) is 25.1 Å². The van der Waals surface area contributed by atoms with Gasteiger partial charge < -0.3 is 0 Å². The molecule has 0 aliphatic rings. The lowest BCUT2D eigenvalue weighted by Gasteiger charge is -2.27. The molecule has 10 heavy (non-hydrogen) atoms. The maximum atomic E-state index is 5.86. The van der Waals surface area contributed by atoms with Crippen LogP contribution < -0.4 is 0 Å². The van der Waals surface area contributed by atoms with Crippen molar-refractivity contribution >= 4 is 11.6 Å². The topological polar surface area (TPSA) is 0 Å². The fourth-order valence-corrected chi connectivity index (χ4v) is 1.58. The van der Waals surface area contributed by atoms with Crippen molar-refractivity contribution in [2.75, 3.05) is 5.88 Å². The van der Waals surface area contributed by atoms with E-state index >= 15 is 0 Å². The highest BCUT2D eigenvalue weighted by Crippen LogP contribution is 2.31. The van der Waals surface area contributed by atoms with Crippen LogP contribution in [0.4, 0.5) is 0 Å². The van der Waals surface area contributed by atoms with Gasteiger partial charge in [0.2, 0.25) is 0 Å².